The minimum absolute atomic E-state index is 0.607. The van der Waals surface area contributed by atoms with E-state index in [4.69, 9.17) is 0 Å². The smallest absolute Gasteiger partial charge is 0.188 e. The zero-order valence-electron chi connectivity index (χ0n) is 11.5. The second kappa shape index (κ2) is 6.53. The molecule has 0 saturated heterocycles. The first-order valence-corrected chi connectivity index (χ1v) is 7.76. The molecule has 0 bridgehead atoms. The Morgan fingerprint density at radius 3 is 3.00 bits per heavy atom. The lowest BCUT2D eigenvalue weighted by Gasteiger charge is -2.34. The van der Waals surface area contributed by atoms with E-state index in [1.54, 1.807) is 0 Å². The predicted octanol–water partition coefficient (Wildman–Crippen LogP) is 3.04. The molecular weight excluding hydrogens is 242 g/mol. The molecule has 0 aromatic carbocycles. The van der Waals surface area contributed by atoms with Crippen molar-refractivity contribution >= 4 is 11.8 Å². The molecule has 0 spiro atoms. The van der Waals surface area contributed by atoms with Crippen molar-refractivity contribution in [3.63, 3.8) is 0 Å². The third kappa shape index (κ3) is 3.69. The van der Waals surface area contributed by atoms with Crippen molar-refractivity contribution in [3.05, 3.63) is 18.0 Å². The lowest BCUT2D eigenvalue weighted by Crippen LogP contribution is -2.42. The Labute approximate surface area is 114 Å². The fourth-order valence-electron chi connectivity index (χ4n) is 2.57. The molecule has 1 N–H and O–H groups in total. The van der Waals surface area contributed by atoms with Gasteiger partial charge in [-0.05, 0) is 44.7 Å². The number of aryl methyl sites for hydroxylation is 1. The molecular formula is C14H23N3S. The van der Waals surface area contributed by atoms with Crippen molar-refractivity contribution in [2.24, 2.45) is 5.92 Å². The average molecular weight is 265 g/mol. The summed E-state index contributed by atoms with van der Waals surface area (Å²) in [5, 5.41) is 5.15. The van der Waals surface area contributed by atoms with Gasteiger partial charge in [0.05, 0.1) is 0 Å². The van der Waals surface area contributed by atoms with Crippen LogP contribution >= 0.6 is 11.8 Å². The van der Waals surface area contributed by atoms with E-state index in [-0.39, 0.29) is 0 Å². The number of nitrogens with one attached hydrogen (secondary N) is 1. The molecule has 1 heterocycles. The van der Waals surface area contributed by atoms with Crippen LogP contribution in [0, 0.1) is 12.8 Å². The summed E-state index contributed by atoms with van der Waals surface area (Å²) in [7, 11) is 0. The average Bonchev–Trinajstić information content (AvgIpc) is 2.33. The van der Waals surface area contributed by atoms with Crippen LogP contribution in [0.4, 0.5) is 0 Å². The number of rotatable bonds is 4. The van der Waals surface area contributed by atoms with Crippen LogP contribution in [0.1, 0.15) is 38.8 Å². The molecule has 1 aliphatic rings. The molecule has 3 nitrogen and oxygen atoms in total. The van der Waals surface area contributed by atoms with Gasteiger partial charge in [-0.3, -0.25) is 0 Å². The first-order chi connectivity index (χ1) is 8.69. The molecule has 0 amide bonds. The second-order valence-electron chi connectivity index (χ2n) is 5.22. The maximum absolute atomic E-state index is 4.51. The fourth-order valence-corrected chi connectivity index (χ4v) is 3.98. The van der Waals surface area contributed by atoms with Crippen LogP contribution in [-0.2, 0) is 0 Å². The molecule has 3 atom stereocenters. The summed E-state index contributed by atoms with van der Waals surface area (Å²) in [6.07, 6.45) is 5.74. The minimum Gasteiger partial charge on any atom is -0.313 e. The van der Waals surface area contributed by atoms with Crippen molar-refractivity contribution in [3.8, 4) is 0 Å². The number of hydrogen-bond acceptors (Lipinski definition) is 4. The highest BCUT2D eigenvalue weighted by molar-refractivity contribution is 7.99. The second-order valence-corrected chi connectivity index (χ2v) is 6.43. The molecule has 1 aromatic rings. The van der Waals surface area contributed by atoms with E-state index < -0.39 is 0 Å². The lowest BCUT2D eigenvalue weighted by atomic mass is 9.87. The van der Waals surface area contributed by atoms with Crippen LogP contribution in [-0.4, -0.2) is 27.8 Å². The molecule has 1 saturated carbocycles. The van der Waals surface area contributed by atoms with E-state index >= 15 is 0 Å². The summed E-state index contributed by atoms with van der Waals surface area (Å²) in [6, 6.07) is 2.57. The molecule has 0 aliphatic heterocycles. The Kier molecular flexibility index (Phi) is 5.01. The van der Waals surface area contributed by atoms with E-state index in [0.29, 0.717) is 11.3 Å². The summed E-state index contributed by atoms with van der Waals surface area (Å²) >= 11 is 1.85. The van der Waals surface area contributed by atoms with Gasteiger partial charge in [0.2, 0.25) is 0 Å². The van der Waals surface area contributed by atoms with E-state index in [9.17, 15) is 0 Å². The maximum atomic E-state index is 4.51. The zero-order chi connectivity index (χ0) is 13.0. The highest BCUT2D eigenvalue weighted by atomic mass is 32.2. The van der Waals surface area contributed by atoms with E-state index in [0.717, 1.165) is 23.3 Å². The molecule has 3 unspecified atom stereocenters. The van der Waals surface area contributed by atoms with Gasteiger partial charge >= 0.3 is 0 Å². The van der Waals surface area contributed by atoms with Crippen LogP contribution < -0.4 is 5.32 Å². The van der Waals surface area contributed by atoms with Crippen LogP contribution in [0.2, 0.25) is 0 Å². The number of thioether (sulfide) groups is 1. The molecule has 1 fully saturated rings. The highest BCUT2D eigenvalue weighted by Gasteiger charge is 2.29. The molecule has 18 heavy (non-hydrogen) atoms. The zero-order valence-corrected chi connectivity index (χ0v) is 12.3. The molecule has 1 aromatic heterocycles. The quantitative estimate of drug-likeness (QED) is 0.849. The number of hydrogen-bond donors (Lipinski definition) is 1. The first kappa shape index (κ1) is 13.8. The fraction of sp³-hybridized carbons (Fsp3) is 0.714. The Balaban J connectivity index is 2.03. The topological polar surface area (TPSA) is 37.8 Å². The third-order valence-corrected chi connectivity index (χ3v) is 4.78. The summed E-state index contributed by atoms with van der Waals surface area (Å²) < 4.78 is 0. The van der Waals surface area contributed by atoms with Gasteiger partial charge < -0.3 is 5.32 Å². The summed E-state index contributed by atoms with van der Waals surface area (Å²) in [5.74, 6) is 0.821. The SMILES string of the molecule is CCNC1CCC(C)CC1Sc1nccc(C)n1. The molecule has 1 aliphatic carbocycles. The Morgan fingerprint density at radius 2 is 2.28 bits per heavy atom. The molecule has 0 radical (unpaired) electrons. The van der Waals surface area contributed by atoms with Crippen molar-refractivity contribution in [1.82, 2.24) is 15.3 Å². The van der Waals surface area contributed by atoms with Gasteiger partial charge in [-0.25, -0.2) is 9.97 Å². The molecule has 4 heteroatoms. The maximum Gasteiger partial charge on any atom is 0.188 e. The van der Waals surface area contributed by atoms with Gasteiger partial charge in [0.15, 0.2) is 5.16 Å². The normalized spacial score (nSPS) is 28.3. The van der Waals surface area contributed by atoms with Crippen molar-refractivity contribution in [1.29, 1.82) is 0 Å². The minimum atomic E-state index is 0.607. The largest absolute Gasteiger partial charge is 0.313 e. The van der Waals surface area contributed by atoms with Gasteiger partial charge in [-0.15, -0.1) is 0 Å². The van der Waals surface area contributed by atoms with Crippen LogP contribution in [0.3, 0.4) is 0 Å². The monoisotopic (exact) mass is 265 g/mol. The molecule has 2 rings (SSSR count). The van der Waals surface area contributed by atoms with Crippen molar-refractivity contribution < 1.29 is 0 Å². The van der Waals surface area contributed by atoms with Gasteiger partial charge in [-0.2, -0.15) is 0 Å². The van der Waals surface area contributed by atoms with E-state index in [2.05, 4.69) is 29.1 Å². The van der Waals surface area contributed by atoms with Crippen molar-refractivity contribution in [2.75, 3.05) is 6.54 Å². The lowest BCUT2D eigenvalue weighted by molar-refractivity contribution is 0.320. The van der Waals surface area contributed by atoms with E-state index in [1.165, 1.54) is 19.3 Å². The Hall–Kier alpha value is -0.610. The molecule has 100 valence electrons. The summed E-state index contributed by atoms with van der Waals surface area (Å²) in [4.78, 5) is 8.89. The van der Waals surface area contributed by atoms with Crippen LogP contribution in [0.15, 0.2) is 17.4 Å². The third-order valence-electron chi connectivity index (χ3n) is 3.55. The first-order valence-electron chi connectivity index (χ1n) is 6.88. The van der Waals surface area contributed by atoms with Crippen molar-refractivity contribution in [2.45, 2.75) is 56.5 Å². The standard InChI is InChI=1S/C14H23N3S/c1-4-15-12-6-5-10(2)9-13(12)18-14-16-8-7-11(3)17-14/h7-8,10,12-13,15H,4-6,9H2,1-3H3. The van der Waals surface area contributed by atoms with E-state index in [1.807, 2.05) is 30.9 Å². The number of nitrogens with zero attached hydrogens (tertiary/aromatic N) is 2. The Bertz CT molecular complexity index is 383. The highest BCUT2D eigenvalue weighted by Crippen LogP contribution is 2.34. The Morgan fingerprint density at radius 1 is 1.44 bits per heavy atom. The predicted molar refractivity (Wildman–Crippen MR) is 76.9 cm³/mol. The van der Waals surface area contributed by atoms with Gasteiger partial charge in [-0.1, -0.05) is 25.6 Å². The summed E-state index contributed by atoms with van der Waals surface area (Å²) in [5.41, 5.74) is 1.05. The number of aromatic nitrogens is 2. The van der Waals surface area contributed by atoms with Crippen LogP contribution in [0.5, 0.6) is 0 Å². The van der Waals surface area contributed by atoms with Gasteiger partial charge in [0, 0.05) is 23.2 Å². The summed E-state index contributed by atoms with van der Waals surface area (Å²) in [6.45, 7) is 7.61. The van der Waals surface area contributed by atoms with Crippen LogP contribution in [0.25, 0.3) is 0 Å². The van der Waals surface area contributed by atoms with Gasteiger partial charge in [0.25, 0.3) is 0 Å². The van der Waals surface area contributed by atoms with Gasteiger partial charge in [0.1, 0.15) is 0 Å².